The first-order valence-corrected chi connectivity index (χ1v) is 4.80. The van der Waals surface area contributed by atoms with Crippen molar-refractivity contribution in [3.8, 4) is 0 Å². The van der Waals surface area contributed by atoms with Gasteiger partial charge in [0, 0.05) is 26.2 Å². The number of hydrogen-bond donors (Lipinski definition) is 1. The number of hydrogen-bond acceptors (Lipinski definition) is 3. The molecule has 1 N–H and O–H groups in total. The van der Waals surface area contributed by atoms with Crippen LogP contribution in [-0.4, -0.2) is 49.7 Å². The van der Waals surface area contributed by atoms with Crippen molar-refractivity contribution in [1.82, 2.24) is 10.2 Å². The van der Waals surface area contributed by atoms with Gasteiger partial charge in [0.25, 0.3) is 0 Å². The molecular weight excluding hydrogens is 168 g/mol. The van der Waals surface area contributed by atoms with Crippen LogP contribution in [-0.2, 0) is 9.53 Å². The molecule has 76 valence electrons. The molecule has 0 atom stereocenters. The molecule has 0 saturated carbocycles. The number of amides is 1. The molecule has 1 rings (SSSR count). The Kier molecular flexibility index (Phi) is 4.18. The van der Waals surface area contributed by atoms with E-state index in [2.05, 4.69) is 5.32 Å². The van der Waals surface area contributed by atoms with E-state index in [0.717, 1.165) is 26.2 Å². The van der Waals surface area contributed by atoms with Gasteiger partial charge < -0.3 is 15.0 Å². The summed E-state index contributed by atoms with van der Waals surface area (Å²) in [6, 6.07) is 0. The van der Waals surface area contributed by atoms with Crippen LogP contribution in [0.25, 0.3) is 0 Å². The van der Waals surface area contributed by atoms with Gasteiger partial charge >= 0.3 is 0 Å². The second-order valence-corrected chi connectivity index (χ2v) is 3.49. The zero-order valence-electron chi connectivity index (χ0n) is 8.38. The van der Waals surface area contributed by atoms with Gasteiger partial charge in [0.05, 0.1) is 6.10 Å². The van der Waals surface area contributed by atoms with Gasteiger partial charge in [-0.15, -0.1) is 0 Å². The fraction of sp³-hybridized carbons (Fsp3) is 0.889. The van der Waals surface area contributed by atoms with Crippen LogP contribution < -0.4 is 5.32 Å². The highest BCUT2D eigenvalue weighted by Gasteiger charge is 2.15. The maximum atomic E-state index is 11.5. The second-order valence-electron chi connectivity index (χ2n) is 3.49. The number of nitrogens with one attached hydrogen (secondary N) is 1. The van der Waals surface area contributed by atoms with Crippen molar-refractivity contribution in [2.24, 2.45) is 0 Å². The molecule has 13 heavy (non-hydrogen) atoms. The molecule has 1 saturated heterocycles. The summed E-state index contributed by atoms with van der Waals surface area (Å²) in [5, 5.41) is 3.20. The van der Waals surface area contributed by atoms with Crippen molar-refractivity contribution in [3.05, 3.63) is 0 Å². The van der Waals surface area contributed by atoms with Crippen LogP contribution in [0.5, 0.6) is 0 Å². The molecule has 1 heterocycles. The molecule has 0 bridgehead atoms. The van der Waals surface area contributed by atoms with Gasteiger partial charge in [-0.05, 0) is 13.8 Å². The number of ether oxygens (including phenoxy) is 1. The van der Waals surface area contributed by atoms with Gasteiger partial charge in [-0.25, -0.2) is 0 Å². The summed E-state index contributed by atoms with van der Waals surface area (Å²) in [4.78, 5) is 13.3. The van der Waals surface area contributed by atoms with E-state index in [4.69, 9.17) is 4.74 Å². The number of rotatable bonds is 3. The number of carbonyl (C=O) groups excluding carboxylic acids is 1. The summed E-state index contributed by atoms with van der Waals surface area (Å²) in [5.41, 5.74) is 0. The van der Waals surface area contributed by atoms with Crippen LogP contribution in [0.3, 0.4) is 0 Å². The zero-order valence-corrected chi connectivity index (χ0v) is 8.38. The van der Waals surface area contributed by atoms with Gasteiger partial charge in [-0.1, -0.05) is 0 Å². The van der Waals surface area contributed by atoms with Crippen molar-refractivity contribution < 1.29 is 9.53 Å². The molecule has 1 aliphatic heterocycles. The molecule has 0 aromatic carbocycles. The third-order valence-electron chi connectivity index (χ3n) is 2.01. The van der Waals surface area contributed by atoms with E-state index in [9.17, 15) is 4.79 Å². The number of nitrogens with zero attached hydrogens (tertiary/aromatic N) is 1. The van der Waals surface area contributed by atoms with Crippen LogP contribution in [0, 0.1) is 0 Å². The van der Waals surface area contributed by atoms with E-state index in [-0.39, 0.29) is 18.6 Å². The maximum absolute atomic E-state index is 11.5. The lowest BCUT2D eigenvalue weighted by Gasteiger charge is -2.27. The highest BCUT2D eigenvalue weighted by molar-refractivity contribution is 5.77. The van der Waals surface area contributed by atoms with E-state index >= 15 is 0 Å². The minimum Gasteiger partial charge on any atom is -0.369 e. The molecule has 0 aromatic heterocycles. The minimum absolute atomic E-state index is 0.107. The summed E-state index contributed by atoms with van der Waals surface area (Å²) < 4.78 is 5.25. The first-order chi connectivity index (χ1) is 6.20. The summed E-state index contributed by atoms with van der Waals surface area (Å²) in [7, 11) is 0. The van der Waals surface area contributed by atoms with E-state index in [1.165, 1.54) is 0 Å². The molecule has 4 heteroatoms. The summed E-state index contributed by atoms with van der Waals surface area (Å²) >= 11 is 0. The SMILES string of the molecule is CC(C)OCC(=O)N1CCNCC1. The summed E-state index contributed by atoms with van der Waals surface area (Å²) in [6.45, 7) is 7.50. The largest absolute Gasteiger partial charge is 0.369 e. The first-order valence-electron chi connectivity index (χ1n) is 4.80. The molecule has 0 aromatic rings. The summed E-state index contributed by atoms with van der Waals surface area (Å²) in [5.74, 6) is 0.107. The van der Waals surface area contributed by atoms with Crippen molar-refractivity contribution >= 4 is 5.91 Å². The quantitative estimate of drug-likeness (QED) is 0.666. The van der Waals surface area contributed by atoms with Crippen LogP contribution in [0.15, 0.2) is 0 Å². The van der Waals surface area contributed by atoms with Crippen LogP contribution >= 0.6 is 0 Å². The average Bonchev–Trinajstić information content (AvgIpc) is 2.15. The third-order valence-corrected chi connectivity index (χ3v) is 2.01. The Morgan fingerprint density at radius 2 is 2.08 bits per heavy atom. The Hall–Kier alpha value is -0.610. The molecule has 0 unspecified atom stereocenters. The maximum Gasteiger partial charge on any atom is 0.248 e. The molecule has 4 nitrogen and oxygen atoms in total. The molecular formula is C9H18N2O2. The Bertz CT molecular complexity index is 165. The van der Waals surface area contributed by atoms with Gasteiger partial charge in [0.2, 0.25) is 5.91 Å². The molecule has 1 aliphatic rings. The Labute approximate surface area is 79.2 Å². The summed E-state index contributed by atoms with van der Waals surface area (Å²) in [6.07, 6.45) is 0.131. The fourth-order valence-electron chi connectivity index (χ4n) is 1.24. The topological polar surface area (TPSA) is 41.6 Å². The minimum atomic E-state index is 0.107. The molecule has 0 radical (unpaired) electrons. The second kappa shape index (κ2) is 5.19. The Morgan fingerprint density at radius 1 is 1.46 bits per heavy atom. The van der Waals surface area contributed by atoms with Crippen molar-refractivity contribution in [2.75, 3.05) is 32.8 Å². The first kappa shape index (κ1) is 10.5. The lowest BCUT2D eigenvalue weighted by atomic mass is 10.3. The van der Waals surface area contributed by atoms with Crippen LogP contribution in [0.4, 0.5) is 0 Å². The van der Waals surface area contributed by atoms with E-state index in [1.54, 1.807) is 0 Å². The lowest BCUT2D eigenvalue weighted by molar-refractivity contribution is -0.138. The smallest absolute Gasteiger partial charge is 0.248 e. The molecule has 1 amide bonds. The zero-order chi connectivity index (χ0) is 9.68. The monoisotopic (exact) mass is 186 g/mol. The number of piperazine rings is 1. The predicted octanol–water partition coefficient (Wildman–Crippen LogP) is -0.157. The van der Waals surface area contributed by atoms with Gasteiger partial charge in [0.15, 0.2) is 0 Å². The van der Waals surface area contributed by atoms with Gasteiger partial charge in [-0.2, -0.15) is 0 Å². The van der Waals surface area contributed by atoms with Crippen LogP contribution in [0.1, 0.15) is 13.8 Å². The van der Waals surface area contributed by atoms with Crippen molar-refractivity contribution in [2.45, 2.75) is 20.0 Å². The van der Waals surface area contributed by atoms with E-state index in [1.807, 2.05) is 18.7 Å². The van der Waals surface area contributed by atoms with Crippen molar-refractivity contribution in [1.29, 1.82) is 0 Å². The van der Waals surface area contributed by atoms with Crippen molar-refractivity contribution in [3.63, 3.8) is 0 Å². The normalized spacial score (nSPS) is 17.9. The van der Waals surface area contributed by atoms with Gasteiger partial charge in [-0.3, -0.25) is 4.79 Å². The standard InChI is InChI=1S/C9H18N2O2/c1-8(2)13-7-9(12)11-5-3-10-4-6-11/h8,10H,3-7H2,1-2H3. The number of carbonyl (C=O) groups is 1. The van der Waals surface area contributed by atoms with Gasteiger partial charge in [0.1, 0.15) is 6.61 Å². The fourth-order valence-corrected chi connectivity index (χ4v) is 1.24. The molecule has 0 spiro atoms. The molecule has 0 aliphatic carbocycles. The van der Waals surface area contributed by atoms with E-state index in [0.29, 0.717) is 0 Å². The van der Waals surface area contributed by atoms with E-state index < -0.39 is 0 Å². The van der Waals surface area contributed by atoms with Crippen LogP contribution in [0.2, 0.25) is 0 Å². The predicted molar refractivity (Wildman–Crippen MR) is 50.5 cm³/mol. The molecule has 1 fully saturated rings. The Morgan fingerprint density at radius 3 is 2.62 bits per heavy atom. The third kappa shape index (κ3) is 3.74. The average molecular weight is 186 g/mol. The highest BCUT2D eigenvalue weighted by atomic mass is 16.5. The Balaban J connectivity index is 2.21. The highest BCUT2D eigenvalue weighted by Crippen LogP contribution is 1.95. The lowest BCUT2D eigenvalue weighted by Crippen LogP contribution is -2.47.